The zero-order valence-electron chi connectivity index (χ0n) is 13.6. The lowest BCUT2D eigenvalue weighted by Crippen LogP contribution is -2.52. The van der Waals surface area contributed by atoms with Gasteiger partial charge in [0.15, 0.2) is 0 Å². The summed E-state index contributed by atoms with van der Waals surface area (Å²) in [5.74, 6) is 0. The van der Waals surface area contributed by atoms with Gasteiger partial charge in [0.25, 0.3) is 0 Å². The SMILES string of the molecule is CCC(CC)(CO)NC(=O)Nc1ccccc1N1CCCC1. The van der Waals surface area contributed by atoms with Crippen LogP contribution in [-0.2, 0) is 0 Å². The van der Waals surface area contributed by atoms with Crippen molar-refractivity contribution in [2.45, 2.75) is 45.1 Å². The molecule has 1 aliphatic rings. The van der Waals surface area contributed by atoms with Crippen molar-refractivity contribution < 1.29 is 9.90 Å². The van der Waals surface area contributed by atoms with Crippen molar-refractivity contribution in [1.29, 1.82) is 0 Å². The molecule has 2 amide bonds. The van der Waals surface area contributed by atoms with Gasteiger partial charge in [0.2, 0.25) is 0 Å². The Labute approximate surface area is 132 Å². The molecule has 0 unspecified atom stereocenters. The highest BCUT2D eigenvalue weighted by molar-refractivity contribution is 5.93. The number of hydrogen-bond acceptors (Lipinski definition) is 3. The molecule has 1 aromatic rings. The number of urea groups is 1. The van der Waals surface area contributed by atoms with Crippen LogP contribution in [0.2, 0.25) is 0 Å². The first-order valence-corrected chi connectivity index (χ1v) is 8.18. The summed E-state index contributed by atoms with van der Waals surface area (Å²) in [4.78, 5) is 14.6. The predicted octanol–water partition coefficient (Wildman–Crippen LogP) is 2.96. The molecule has 0 aliphatic carbocycles. The first-order valence-electron chi connectivity index (χ1n) is 8.18. The Balaban J connectivity index is 2.08. The van der Waals surface area contributed by atoms with Gasteiger partial charge in [-0.2, -0.15) is 0 Å². The number of anilines is 2. The maximum atomic E-state index is 12.3. The molecule has 1 aromatic carbocycles. The van der Waals surface area contributed by atoms with Crippen molar-refractivity contribution >= 4 is 17.4 Å². The topological polar surface area (TPSA) is 64.6 Å². The summed E-state index contributed by atoms with van der Waals surface area (Å²) in [6.45, 7) is 5.95. The van der Waals surface area contributed by atoms with Gasteiger partial charge in [-0.25, -0.2) is 4.79 Å². The summed E-state index contributed by atoms with van der Waals surface area (Å²) in [5, 5.41) is 15.4. The minimum absolute atomic E-state index is 0.0544. The van der Waals surface area contributed by atoms with E-state index < -0.39 is 5.54 Å². The number of rotatable bonds is 6. The van der Waals surface area contributed by atoms with E-state index in [1.54, 1.807) is 0 Å². The molecular formula is C17H27N3O2. The highest BCUT2D eigenvalue weighted by Gasteiger charge is 2.27. The van der Waals surface area contributed by atoms with Gasteiger partial charge in [0, 0.05) is 13.1 Å². The number of nitrogens with one attached hydrogen (secondary N) is 2. The van der Waals surface area contributed by atoms with Crippen LogP contribution in [0.25, 0.3) is 0 Å². The number of para-hydroxylation sites is 2. The van der Waals surface area contributed by atoms with Crippen LogP contribution in [0.5, 0.6) is 0 Å². The molecule has 1 aliphatic heterocycles. The van der Waals surface area contributed by atoms with Crippen molar-refractivity contribution in [3.05, 3.63) is 24.3 Å². The van der Waals surface area contributed by atoms with E-state index in [4.69, 9.17) is 0 Å². The van der Waals surface area contributed by atoms with Gasteiger partial charge in [-0.05, 0) is 37.8 Å². The molecule has 0 atom stereocenters. The Morgan fingerprint density at radius 1 is 1.23 bits per heavy atom. The molecule has 0 radical (unpaired) electrons. The lowest BCUT2D eigenvalue weighted by molar-refractivity contribution is 0.155. The maximum Gasteiger partial charge on any atom is 0.319 e. The summed E-state index contributed by atoms with van der Waals surface area (Å²) in [5.41, 5.74) is 1.34. The third-order valence-electron chi connectivity index (χ3n) is 4.63. The van der Waals surface area contributed by atoms with E-state index in [2.05, 4.69) is 15.5 Å². The fraction of sp³-hybridized carbons (Fsp3) is 0.588. The van der Waals surface area contributed by atoms with Crippen LogP contribution in [0.3, 0.4) is 0 Å². The molecule has 3 N–H and O–H groups in total. The average Bonchev–Trinajstić information content (AvgIpc) is 3.07. The molecule has 0 spiro atoms. The number of aliphatic hydroxyl groups excluding tert-OH is 1. The van der Waals surface area contributed by atoms with E-state index in [0.717, 1.165) is 24.5 Å². The molecule has 0 aromatic heterocycles. The number of aliphatic hydroxyl groups is 1. The predicted molar refractivity (Wildman–Crippen MR) is 90.4 cm³/mol. The molecule has 5 heteroatoms. The fourth-order valence-corrected chi connectivity index (χ4v) is 2.90. The van der Waals surface area contributed by atoms with Crippen LogP contribution in [0.15, 0.2) is 24.3 Å². The van der Waals surface area contributed by atoms with E-state index in [1.165, 1.54) is 12.8 Å². The van der Waals surface area contributed by atoms with Crippen molar-refractivity contribution in [3.8, 4) is 0 Å². The molecule has 2 rings (SSSR count). The van der Waals surface area contributed by atoms with Crippen LogP contribution in [-0.4, -0.2) is 36.4 Å². The third kappa shape index (κ3) is 3.71. The van der Waals surface area contributed by atoms with E-state index in [1.807, 2.05) is 38.1 Å². The number of carbonyl (C=O) groups is 1. The number of amides is 2. The number of nitrogens with zero attached hydrogens (tertiary/aromatic N) is 1. The van der Waals surface area contributed by atoms with Gasteiger partial charge in [-0.15, -0.1) is 0 Å². The van der Waals surface area contributed by atoms with E-state index >= 15 is 0 Å². The fourth-order valence-electron chi connectivity index (χ4n) is 2.90. The molecule has 1 saturated heterocycles. The standard InChI is InChI=1S/C17H27N3O2/c1-3-17(4-2,13-21)19-16(22)18-14-9-5-6-10-15(14)20-11-7-8-12-20/h5-6,9-10,21H,3-4,7-8,11-13H2,1-2H3,(H2,18,19,22). The highest BCUT2D eigenvalue weighted by Crippen LogP contribution is 2.28. The first kappa shape index (κ1) is 16.6. The number of hydrogen-bond donors (Lipinski definition) is 3. The van der Waals surface area contributed by atoms with Gasteiger partial charge in [0.05, 0.1) is 23.5 Å². The molecule has 1 fully saturated rings. The van der Waals surface area contributed by atoms with Crippen LogP contribution in [0.4, 0.5) is 16.2 Å². The monoisotopic (exact) mass is 305 g/mol. The smallest absolute Gasteiger partial charge is 0.319 e. The van der Waals surface area contributed by atoms with E-state index in [-0.39, 0.29) is 12.6 Å². The minimum Gasteiger partial charge on any atom is -0.394 e. The van der Waals surface area contributed by atoms with Crippen LogP contribution < -0.4 is 15.5 Å². The Bertz CT molecular complexity index is 486. The van der Waals surface area contributed by atoms with Crippen LogP contribution in [0, 0.1) is 0 Å². The minimum atomic E-state index is -0.549. The molecule has 0 bridgehead atoms. The van der Waals surface area contributed by atoms with Crippen molar-refractivity contribution in [2.75, 3.05) is 29.9 Å². The molecular weight excluding hydrogens is 278 g/mol. The van der Waals surface area contributed by atoms with Crippen LogP contribution >= 0.6 is 0 Å². The second-order valence-electron chi connectivity index (χ2n) is 5.94. The van der Waals surface area contributed by atoms with Crippen molar-refractivity contribution in [3.63, 3.8) is 0 Å². The summed E-state index contributed by atoms with van der Waals surface area (Å²) in [6.07, 6.45) is 3.78. The Hall–Kier alpha value is -1.75. The summed E-state index contributed by atoms with van der Waals surface area (Å²) in [6, 6.07) is 7.62. The van der Waals surface area contributed by atoms with Gasteiger partial charge in [0.1, 0.15) is 0 Å². The first-order chi connectivity index (χ1) is 10.6. The Morgan fingerprint density at radius 3 is 2.45 bits per heavy atom. The quantitative estimate of drug-likeness (QED) is 0.757. The zero-order valence-corrected chi connectivity index (χ0v) is 13.6. The molecule has 122 valence electrons. The number of benzene rings is 1. The number of carbonyl (C=O) groups excluding carboxylic acids is 1. The van der Waals surface area contributed by atoms with E-state index in [9.17, 15) is 9.90 Å². The van der Waals surface area contributed by atoms with Gasteiger partial charge in [-0.1, -0.05) is 26.0 Å². The normalized spacial score (nSPS) is 15.0. The average molecular weight is 305 g/mol. The molecule has 0 saturated carbocycles. The second-order valence-corrected chi connectivity index (χ2v) is 5.94. The summed E-state index contributed by atoms with van der Waals surface area (Å²) >= 11 is 0. The molecule has 22 heavy (non-hydrogen) atoms. The summed E-state index contributed by atoms with van der Waals surface area (Å²) in [7, 11) is 0. The molecule has 5 nitrogen and oxygen atoms in total. The zero-order chi connectivity index (χ0) is 16.0. The van der Waals surface area contributed by atoms with Crippen LogP contribution in [0.1, 0.15) is 39.5 Å². The third-order valence-corrected chi connectivity index (χ3v) is 4.63. The lowest BCUT2D eigenvalue weighted by Gasteiger charge is -2.31. The van der Waals surface area contributed by atoms with Gasteiger partial charge < -0.3 is 20.6 Å². The molecule has 1 heterocycles. The van der Waals surface area contributed by atoms with E-state index in [0.29, 0.717) is 12.8 Å². The second kappa shape index (κ2) is 7.49. The largest absolute Gasteiger partial charge is 0.394 e. The highest BCUT2D eigenvalue weighted by atomic mass is 16.3. The maximum absolute atomic E-state index is 12.3. The lowest BCUT2D eigenvalue weighted by atomic mass is 9.94. The Morgan fingerprint density at radius 2 is 1.86 bits per heavy atom. The van der Waals surface area contributed by atoms with Crippen molar-refractivity contribution in [2.24, 2.45) is 0 Å². The van der Waals surface area contributed by atoms with Crippen molar-refractivity contribution in [1.82, 2.24) is 5.32 Å². The van der Waals surface area contributed by atoms with Gasteiger partial charge in [-0.3, -0.25) is 0 Å². The van der Waals surface area contributed by atoms with Gasteiger partial charge >= 0.3 is 6.03 Å². The summed E-state index contributed by atoms with van der Waals surface area (Å²) < 4.78 is 0. The Kier molecular flexibility index (Phi) is 5.66.